The fraction of sp³-hybridized carbons (Fsp3) is 0.0357. The van der Waals surface area contributed by atoms with Gasteiger partial charge in [0, 0.05) is 52.7 Å². The Balaban J connectivity index is 1.18. The summed E-state index contributed by atoms with van der Waals surface area (Å²) in [4.78, 5) is 14.7. The van der Waals surface area contributed by atoms with Crippen molar-refractivity contribution in [3.8, 4) is 22.6 Å². The summed E-state index contributed by atoms with van der Waals surface area (Å²) in [7, 11) is 0. The minimum absolute atomic E-state index is 0.00209. The van der Waals surface area contributed by atoms with Crippen LogP contribution in [0.25, 0.3) is 16.6 Å². The molecule has 2 N–H and O–H groups in total. The summed E-state index contributed by atoms with van der Waals surface area (Å²) in [6.07, 6.45) is 12.1. The number of aromatic nitrogens is 4. The van der Waals surface area contributed by atoms with E-state index in [4.69, 9.17) is 4.74 Å². The molecule has 1 aliphatic rings. The minimum Gasteiger partial charge on any atom is -0.452 e. The molecule has 0 saturated heterocycles. The number of nitrogens with one attached hydrogen (secondary N) is 2. The minimum atomic E-state index is -0.639. The molecular weight excluding hydrogens is 490 g/mol. The molecule has 0 fully saturated rings. The number of aromatic amines is 1. The van der Waals surface area contributed by atoms with E-state index in [-0.39, 0.29) is 29.7 Å². The van der Waals surface area contributed by atoms with Gasteiger partial charge in [-0.1, -0.05) is 6.08 Å². The molecule has 1 aliphatic heterocycles. The predicted molar refractivity (Wildman–Crippen MR) is 139 cm³/mol. The van der Waals surface area contributed by atoms with Crippen molar-refractivity contribution in [1.82, 2.24) is 19.8 Å². The Morgan fingerprint density at radius 3 is 2.68 bits per heavy atom. The van der Waals surface area contributed by atoms with Gasteiger partial charge >= 0.3 is 0 Å². The molecule has 8 nitrogen and oxygen atoms in total. The third-order valence-corrected chi connectivity index (χ3v) is 6.07. The van der Waals surface area contributed by atoms with E-state index in [1.54, 1.807) is 71.8 Å². The van der Waals surface area contributed by atoms with Crippen LogP contribution in [0.3, 0.4) is 0 Å². The summed E-state index contributed by atoms with van der Waals surface area (Å²) in [6.45, 7) is 0.284. The summed E-state index contributed by atoms with van der Waals surface area (Å²) in [5, 5.41) is 13.7. The Hall–Kier alpha value is -5.25. The second kappa shape index (κ2) is 9.66. The Bertz CT molecular complexity index is 1690. The first-order valence-electron chi connectivity index (χ1n) is 11.7. The smallest absolute Gasteiger partial charge is 0.253 e. The SMILES string of the molecule is O=C(Nc1ccc(Oc2cc(-c3cn[nH]c3)cn3nccc23)c(F)c1)C1=CC=CN(c2ccc(F)cc2)C1. The molecule has 0 saturated carbocycles. The van der Waals surface area contributed by atoms with Gasteiger partial charge in [-0.15, -0.1) is 0 Å². The molecule has 4 heterocycles. The molecule has 2 aromatic carbocycles. The number of hydrogen-bond donors (Lipinski definition) is 2. The molecule has 0 spiro atoms. The van der Waals surface area contributed by atoms with Crippen molar-refractivity contribution in [3.05, 3.63) is 115 Å². The van der Waals surface area contributed by atoms with Crippen LogP contribution in [0.2, 0.25) is 0 Å². The second-order valence-electron chi connectivity index (χ2n) is 8.58. The van der Waals surface area contributed by atoms with Crippen molar-refractivity contribution < 1.29 is 18.3 Å². The van der Waals surface area contributed by atoms with Crippen LogP contribution in [0, 0.1) is 11.6 Å². The van der Waals surface area contributed by atoms with Crippen LogP contribution in [0.5, 0.6) is 11.5 Å². The van der Waals surface area contributed by atoms with E-state index in [1.165, 1.54) is 24.3 Å². The molecule has 10 heteroatoms. The number of anilines is 2. The quantitative estimate of drug-likeness (QED) is 0.306. The number of fused-ring (bicyclic) bond motifs is 1. The maximum absolute atomic E-state index is 15.1. The summed E-state index contributed by atoms with van der Waals surface area (Å²) >= 11 is 0. The lowest BCUT2D eigenvalue weighted by molar-refractivity contribution is -0.112. The number of allylic oxidation sites excluding steroid dienone is 2. The lowest BCUT2D eigenvalue weighted by Crippen LogP contribution is -2.28. The number of halogens is 2. The Kier molecular flexibility index (Phi) is 5.89. The Morgan fingerprint density at radius 1 is 1.03 bits per heavy atom. The monoisotopic (exact) mass is 510 g/mol. The molecule has 0 unspecified atom stereocenters. The number of amides is 1. The molecule has 0 radical (unpaired) electrons. The highest BCUT2D eigenvalue weighted by molar-refractivity contribution is 6.05. The average Bonchev–Trinajstić information content (AvgIpc) is 3.63. The molecule has 3 aromatic heterocycles. The molecular formula is C28H20F2N6O2. The number of H-pyrrole nitrogens is 1. The summed E-state index contributed by atoms with van der Waals surface area (Å²) in [5.41, 5.74) is 3.78. The third-order valence-electron chi connectivity index (χ3n) is 6.07. The Morgan fingerprint density at radius 2 is 1.89 bits per heavy atom. The fourth-order valence-corrected chi connectivity index (χ4v) is 4.15. The fourth-order valence-electron chi connectivity index (χ4n) is 4.15. The lowest BCUT2D eigenvalue weighted by Gasteiger charge is -2.24. The highest BCUT2D eigenvalue weighted by Gasteiger charge is 2.18. The van der Waals surface area contributed by atoms with Crippen molar-refractivity contribution in [2.75, 3.05) is 16.8 Å². The highest BCUT2D eigenvalue weighted by atomic mass is 19.1. The van der Waals surface area contributed by atoms with Crippen LogP contribution in [0.4, 0.5) is 20.2 Å². The number of ether oxygens (including phenoxy) is 1. The third kappa shape index (κ3) is 4.62. The number of carbonyl (C=O) groups excluding carboxylic acids is 1. The van der Waals surface area contributed by atoms with Crippen molar-refractivity contribution in [3.63, 3.8) is 0 Å². The van der Waals surface area contributed by atoms with Gasteiger partial charge in [0.25, 0.3) is 5.91 Å². The molecule has 0 bridgehead atoms. The standard InChI is InChI=1S/C28H20F2N6O2/c29-21-3-6-23(7-4-21)35-11-1-2-18(16-35)28(37)34-22-5-8-26(24(30)13-22)38-27-12-19(20-14-31-32-15-20)17-36-25(27)9-10-33-36/h1-15,17H,16H2,(H,31,32)(H,34,37). The first kappa shape index (κ1) is 23.2. The van der Waals surface area contributed by atoms with E-state index in [9.17, 15) is 9.18 Å². The van der Waals surface area contributed by atoms with Crippen molar-refractivity contribution >= 4 is 22.8 Å². The zero-order valence-corrected chi connectivity index (χ0v) is 19.8. The van der Waals surface area contributed by atoms with Gasteiger partial charge in [0.05, 0.1) is 18.9 Å². The molecule has 6 rings (SSSR count). The second-order valence-corrected chi connectivity index (χ2v) is 8.58. The van der Waals surface area contributed by atoms with E-state index in [0.717, 1.165) is 16.8 Å². The molecule has 1 amide bonds. The van der Waals surface area contributed by atoms with Crippen LogP contribution >= 0.6 is 0 Å². The maximum atomic E-state index is 15.1. The van der Waals surface area contributed by atoms with E-state index < -0.39 is 5.82 Å². The van der Waals surface area contributed by atoms with Crippen molar-refractivity contribution in [2.24, 2.45) is 0 Å². The van der Waals surface area contributed by atoms with Crippen LogP contribution in [-0.2, 0) is 4.79 Å². The van der Waals surface area contributed by atoms with Gasteiger partial charge in [0.1, 0.15) is 11.3 Å². The number of rotatable bonds is 6. The Labute approximate surface area is 215 Å². The van der Waals surface area contributed by atoms with Crippen LogP contribution < -0.4 is 15.0 Å². The summed E-state index contributed by atoms with van der Waals surface area (Å²) < 4.78 is 35.9. The molecule has 38 heavy (non-hydrogen) atoms. The molecule has 0 atom stereocenters. The van der Waals surface area contributed by atoms with E-state index in [0.29, 0.717) is 16.8 Å². The van der Waals surface area contributed by atoms with E-state index in [2.05, 4.69) is 20.6 Å². The normalized spacial score (nSPS) is 13.0. The first-order valence-corrected chi connectivity index (χ1v) is 11.7. The highest BCUT2D eigenvalue weighted by Crippen LogP contribution is 2.33. The number of hydrogen-bond acceptors (Lipinski definition) is 5. The van der Waals surface area contributed by atoms with E-state index in [1.807, 2.05) is 11.1 Å². The topological polar surface area (TPSA) is 87.5 Å². The maximum Gasteiger partial charge on any atom is 0.253 e. The molecule has 0 aliphatic carbocycles. The van der Waals surface area contributed by atoms with Crippen LogP contribution in [0.1, 0.15) is 0 Å². The van der Waals surface area contributed by atoms with Gasteiger partial charge < -0.3 is 15.0 Å². The van der Waals surface area contributed by atoms with E-state index >= 15 is 4.39 Å². The molecule has 5 aromatic rings. The predicted octanol–water partition coefficient (Wildman–Crippen LogP) is 5.69. The summed E-state index contributed by atoms with van der Waals surface area (Å²) in [6, 6.07) is 13.8. The summed E-state index contributed by atoms with van der Waals surface area (Å²) in [5.74, 6) is -0.935. The number of carbonyl (C=O) groups is 1. The average molecular weight is 511 g/mol. The zero-order valence-electron chi connectivity index (χ0n) is 19.8. The van der Waals surface area contributed by atoms with Crippen molar-refractivity contribution in [2.45, 2.75) is 0 Å². The number of nitrogens with zero attached hydrogens (tertiary/aromatic N) is 4. The number of benzene rings is 2. The first-order chi connectivity index (χ1) is 18.5. The molecule has 188 valence electrons. The largest absolute Gasteiger partial charge is 0.452 e. The van der Waals surface area contributed by atoms with Crippen LogP contribution in [0.15, 0.2) is 103 Å². The lowest BCUT2D eigenvalue weighted by atomic mass is 10.1. The number of pyridine rings is 1. The van der Waals surface area contributed by atoms with Gasteiger partial charge in [-0.25, -0.2) is 13.3 Å². The van der Waals surface area contributed by atoms with Gasteiger partial charge in [-0.3, -0.25) is 9.89 Å². The van der Waals surface area contributed by atoms with Gasteiger partial charge in [0.2, 0.25) is 0 Å². The van der Waals surface area contributed by atoms with Crippen molar-refractivity contribution in [1.29, 1.82) is 0 Å². The zero-order chi connectivity index (χ0) is 26.1. The van der Waals surface area contributed by atoms with Gasteiger partial charge in [-0.2, -0.15) is 10.2 Å². The van der Waals surface area contributed by atoms with Gasteiger partial charge in [-0.05, 0) is 54.6 Å². The van der Waals surface area contributed by atoms with Crippen LogP contribution in [-0.4, -0.2) is 32.3 Å². The van der Waals surface area contributed by atoms with Gasteiger partial charge in [0.15, 0.2) is 17.3 Å².